The first-order valence-electron chi connectivity index (χ1n) is 21.8. The van der Waals surface area contributed by atoms with Gasteiger partial charge in [-0.25, -0.2) is 4.57 Å². The van der Waals surface area contributed by atoms with E-state index >= 15 is 0 Å². The lowest BCUT2D eigenvalue weighted by Gasteiger charge is -2.20. The molecular formula is C44H74NO13P. The second kappa shape index (κ2) is 33.7. The number of carbonyl (C=O) groups is 4. The average molecular weight is 856 g/mol. The molecule has 14 nitrogen and oxygen atoms in total. The molecule has 6 N–H and O–H groups in total. The van der Waals surface area contributed by atoms with E-state index in [1.54, 1.807) is 12.2 Å². The minimum absolute atomic E-state index is 0.00698. The summed E-state index contributed by atoms with van der Waals surface area (Å²) in [7, 11) is -4.79. The van der Waals surface area contributed by atoms with Crippen molar-refractivity contribution >= 4 is 31.5 Å². The van der Waals surface area contributed by atoms with Crippen LogP contribution >= 0.6 is 7.82 Å². The Morgan fingerprint density at radius 1 is 0.797 bits per heavy atom. The molecule has 0 bridgehead atoms. The first-order valence-corrected chi connectivity index (χ1v) is 23.3. The maximum atomic E-state index is 12.7. The number of nitrogens with two attached hydrogens (primary N) is 1. The normalized spacial score (nSPS) is 19.8. The standard InChI is InChI=1S/C44H74NO13P/c1-3-5-7-8-9-10-11-12-13-14-15-16-17-18-23-27-42(49)55-32-36(33-56-59(53,54)57-34-39(45)44(51)52)58-43(50)28-24-20-19-22-26-37-38(41(48)31-40(37)47)30-29-35(46)25-21-6-4-2/h9-10,12-13,15-16,29-30,35-39,41,46,48H,3-8,11,14,17-28,31-34,45H2,1-2H3,(H,51,52)(H,53,54)/b10-9-,13-12-,16-15-,30-29+/t35-,36+,37+,38+,39-,41+/m0/s1. The maximum Gasteiger partial charge on any atom is 0.472 e. The predicted molar refractivity (Wildman–Crippen MR) is 227 cm³/mol. The molecule has 338 valence electrons. The number of rotatable bonds is 36. The summed E-state index contributed by atoms with van der Waals surface area (Å²) in [5, 5.41) is 29.6. The number of phosphoric ester groups is 1. The Balaban J connectivity index is 2.52. The van der Waals surface area contributed by atoms with Crippen LogP contribution in [0.2, 0.25) is 0 Å². The number of carboxylic acids is 1. The summed E-state index contributed by atoms with van der Waals surface area (Å²) < 4.78 is 32.6. The van der Waals surface area contributed by atoms with Crippen LogP contribution in [0.4, 0.5) is 0 Å². The fraction of sp³-hybridized carbons (Fsp3) is 0.727. The molecule has 59 heavy (non-hydrogen) atoms. The molecule has 7 atom stereocenters. The summed E-state index contributed by atoms with van der Waals surface area (Å²) in [6, 6.07) is -1.57. The van der Waals surface area contributed by atoms with Crippen LogP contribution < -0.4 is 5.73 Å². The fourth-order valence-corrected chi connectivity index (χ4v) is 7.21. The highest BCUT2D eigenvalue weighted by molar-refractivity contribution is 7.47. The van der Waals surface area contributed by atoms with Gasteiger partial charge in [0, 0.05) is 31.1 Å². The molecule has 1 aliphatic rings. The first kappa shape index (κ1) is 54.0. The maximum absolute atomic E-state index is 12.7. The number of ketones is 1. The highest BCUT2D eigenvalue weighted by atomic mass is 31.2. The lowest BCUT2D eigenvalue weighted by molar-refractivity contribution is -0.161. The van der Waals surface area contributed by atoms with Gasteiger partial charge in [-0.3, -0.25) is 28.2 Å². The van der Waals surface area contributed by atoms with Crippen molar-refractivity contribution in [1.82, 2.24) is 0 Å². The Labute approximate surface area is 352 Å². The van der Waals surface area contributed by atoms with Gasteiger partial charge in [0.05, 0.1) is 25.4 Å². The lowest BCUT2D eigenvalue weighted by Crippen LogP contribution is -2.34. The van der Waals surface area contributed by atoms with Crippen LogP contribution in [0.15, 0.2) is 48.6 Å². The molecule has 0 aromatic heterocycles. The minimum Gasteiger partial charge on any atom is -0.480 e. The molecule has 1 saturated carbocycles. The number of ether oxygens (including phenoxy) is 2. The van der Waals surface area contributed by atoms with Gasteiger partial charge in [-0.1, -0.05) is 114 Å². The molecule has 0 aromatic rings. The molecule has 1 fully saturated rings. The second-order valence-corrected chi connectivity index (χ2v) is 16.7. The van der Waals surface area contributed by atoms with Crippen LogP contribution in [0.5, 0.6) is 0 Å². The van der Waals surface area contributed by atoms with Crippen LogP contribution in [0.1, 0.15) is 149 Å². The SMILES string of the molecule is CCCCC/C=C\C/C=C\C/C=C\CCCCC(=O)OC[C@H](COP(=O)(O)OC[C@H](N)C(=O)O)OC(=O)CCCCCC[C@H]1C(=O)C[C@@H](O)[C@@H]1/C=C/[C@@H](O)CCCCC. The van der Waals surface area contributed by atoms with Crippen LogP contribution in [0.25, 0.3) is 0 Å². The van der Waals surface area contributed by atoms with Gasteiger partial charge in [0.2, 0.25) is 0 Å². The van der Waals surface area contributed by atoms with Crippen molar-refractivity contribution in [2.45, 2.75) is 173 Å². The van der Waals surface area contributed by atoms with Gasteiger partial charge in [0.25, 0.3) is 0 Å². The van der Waals surface area contributed by atoms with E-state index in [1.807, 2.05) is 0 Å². The zero-order valence-corrected chi connectivity index (χ0v) is 36.4. The summed E-state index contributed by atoms with van der Waals surface area (Å²) in [5.41, 5.74) is 5.32. The zero-order chi connectivity index (χ0) is 43.7. The third-order valence-electron chi connectivity index (χ3n) is 9.94. The number of hydrogen-bond donors (Lipinski definition) is 5. The number of hydrogen-bond acceptors (Lipinski definition) is 12. The number of aliphatic carboxylic acids is 1. The highest BCUT2D eigenvalue weighted by Gasteiger charge is 2.39. The summed E-state index contributed by atoms with van der Waals surface area (Å²) >= 11 is 0. The second-order valence-electron chi connectivity index (χ2n) is 15.2. The van der Waals surface area contributed by atoms with Gasteiger partial charge in [-0.05, 0) is 64.2 Å². The van der Waals surface area contributed by atoms with Gasteiger partial charge in [0.15, 0.2) is 6.10 Å². The van der Waals surface area contributed by atoms with Crippen LogP contribution in [-0.4, -0.2) is 88.1 Å². The Kier molecular flexibility index (Phi) is 30.9. The van der Waals surface area contributed by atoms with Gasteiger partial charge in [-0.15, -0.1) is 0 Å². The largest absolute Gasteiger partial charge is 0.480 e. The number of aliphatic hydroxyl groups excluding tert-OH is 2. The molecule has 0 spiro atoms. The molecule has 0 amide bonds. The molecule has 0 aliphatic heterocycles. The molecule has 0 aromatic carbocycles. The van der Waals surface area contributed by atoms with Crippen molar-refractivity contribution in [3.63, 3.8) is 0 Å². The van der Waals surface area contributed by atoms with E-state index in [2.05, 4.69) is 54.8 Å². The van der Waals surface area contributed by atoms with Crippen molar-refractivity contribution in [3.8, 4) is 0 Å². The van der Waals surface area contributed by atoms with E-state index in [-0.39, 0.29) is 36.9 Å². The number of carboxylic acid groups (broad SMARTS) is 1. The number of aliphatic hydroxyl groups is 2. The molecule has 1 rings (SSSR count). The average Bonchev–Trinajstić information content (AvgIpc) is 3.47. The number of phosphoric acid groups is 1. The van der Waals surface area contributed by atoms with E-state index in [9.17, 15) is 38.8 Å². The number of unbranched alkanes of at least 4 members (excludes halogenated alkanes) is 10. The van der Waals surface area contributed by atoms with Crippen molar-refractivity contribution in [2.24, 2.45) is 17.6 Å². The number of allylic oxidation sites excluding steroid dienone is 6. The van der Waals surface area contributed by atoms with Crippen molar-refractivity contribution in [2.75, 3.05) is 19.8 Å². The molecule has 15 heteroatoms. The quantitative estimate of drug-likeness (QED) is 0.0174. The van der Waals surface area contributed by atoms with Crippen LogP contribution in [-0.2, 0) is 42.3 Å². The van der Waals surface area contributed by atoms with Gasteiger partial charge >= 0.3 is 25.7 Å². The summed E-state index contributed by atoms with van der Waals surface area (Å²) in [6.45, 7) is 2.37. The van der Waals surface area contributed by atoms with Crippen molar-refractivity contribution < 1.29 is 62.5 Å². The summed E-state index contributed by atoms with van der Waals surface area (Å²) in [6.07, 6.45) is 29.4. The molecule has 0 radical (unpaired) electrons. The topological polar surface area (TPSA) is 229 Å². The number of carbonyl (C=O) groups excluding carboxylic acids is 3. The van der Waals surface area contributed by atoms with E-state index in [0.717, 1.165) is 57.8 Å². The van der Waals surface area contributed by atoms with Crippen LogP contribution in [0, 0.1) is 11.8 Å². The molecule has 1 aliphatic carbocycles. The van der Waals surface area contributed by atoms with Crippen LogP contribution in [0.3, 0.4) is 0 Å². The smallest absolute Gasteiger partial charge is 0.472 e. The van der Waals surface area contributed by atoms with E-state index in [0.29, 0.717) is 38.5 Å². The molecule has 0 heterocycles. The number of Topliss-reactive ketones (excluding diaryl/α,β-unsaturated/α-hetero) is 1. The Hall–Kier alpha value is -2.97. The third-order valence-corrected chi connectivity index (χ3v) is 10.9. The molecule has 0 saturated heterocycles. The van der Waals surface area contributed by atoms with Crippen molar-refractivity contribution in [1.29, 1.82) is 0 Å². The first-order chi connectivity index (χ1) is 28.3. The zero-order valence-electron chi connectivity index (χ0n) is 35.5. The van der Waals surface area contributed by atoms with Crippen molar-refractivity contribution in [3.05, 3.63) is 48.6 Å². The third kappa shape index (κ3) is 28.2. The fourth-order valence-electron chi connectivity index (χ4n) is 6.44. The highest BCUT2D eigenvalue weighted by Crippen LogP contribution is 2.43. The monoisotopic (exact) mass is 855 g/mol. The van der Waals surface area contributed by atoms with Gasteiger partial charge in [-0.2, -0.15) is 0 Å². The molecular weight excluding hydrogens is 781 g/mol. The number of esters is 2. The summed E-state index contributed by atoms with van der Waals surface area (Å²) in [4.78, 5) is 58.7. The van der Waals surface area contributed by atoms with E-state index in [1.165, 1.54) is 19.3 Å². The summed E-state index contributed by atoms with van der Waals surface area (Å²) in [5.74, 6) is -3.27. The Morgan fingerprint density at radius 2 is 1.37 bits per heavy atom. The van der Waals surface area contributed by atoms with Gasteiger partial charge < -0.3 is 35.4 Å². The predicted octanol–water partition coefficient (Wildman–Crippen LogP) is 7.98. The Morgan fingerprint density at radius 3 is 2.03 bits per heavy atom. The minimum atomic E-state index is -4.79. The van der Waals surface area contributed by atoms with E-state index < -0.39 is 69.9 Å². The molecule has 1 unspecified atom stereocenters. The van der Waals surface area contributed by atoms with Gasteiger partial charge in [0.1, 0.15) is 18.4 Å². The lowest BCUT2D eigenvalue weighted by atomic mass is 9.88. The Bertz CT molecular complexity index is 1350. The van der Waals surface area contributed by atoms with E-state index in [4.69, 9.17) is 24.8 Å².